The highest BCUT2D eigenvalue weighted by Gasteiger charge is 2.47. The molecule has 1 aromatic rings. The third-order valence-electron chi connectivity index (χ3n) is 5.84. The SMILES string of the molecule is CCOC(=O)[C@H](CCc1ccccc1)N[C@@H](C)C(=O)N1[C@@H]2C=CC[C@H]2C[C@H]1OC(=O)O. The first-order valence-corrected chi connectivity index (χ1v) is 10.8. The summed E-state index contributed by atoms with van der Waals surface area (Å²) in [6, 6.07) is 8.23. The van der Waals surface area contributed by atoms with Crippen LogP contribution in [0.5, 0.6) is 0 Å². The Morgan fingerprint density at radius 1 is 1.26 bits per heavy atom. The maximum atomic E-state index is 13.3. The van der Waals surface area contributed by atoms with Gasteiger partial charge in [0.2, 0.25) is 5.91 Å². The van der Waals surface area contributed by atoms with Gasteiger partial charge in [-0.25, -0.2) is 4.79 Å². The number of rotatable bonds is 9. The number of aryl methyl sites for hydroxylation is 1. The van der Waals surface area contributed by atoms with Crippen LogP contribution in [0.3, 0.4) is 0 Å². The fourth-order valence-electron chi connectivity index (χ4n) is 4.38. The van der Waals surface area contributed by atoms with Crippen LogP contribution in [0.2, 0.25) is 0 Å². The second kappa shape index (κ2) is 10.4. The molecule has 1 fully saturated rings. The summed E-state index contributed by atoms with van der Waals surface area (Å²) in [4.78, 5) is 38.4. The summed E-state index contributed by atoms with van der Waals surface area (Å²) in [6.07, 6.45) is 4.10. The Hall–Kier alpha value is -2.87. The molecule has 1 aliphatic heterocycles. The van der Waals surface area contributed by atoms with Crippen LogP contribution in [0.25, 0.3) is 0 Å². The van der Waals surface area contributed by atoms with E-state index in [9.17, 15) is 14.4 Å². The fourth-order valence-corrected chi connectivity index (χ4v) is 4.38. The average molecular weight is 431 g/mol. The highest BCUT2D eigenvalue weighted by atomic mass is 16.7. The summed E-state index contributed by atoms with van der Waals surface area (Å²) >= 11 is 0. The lowest BCUT2D eigenvalue weighted by Gasteiger charge is -2.31. The molecular formula is C23H30N2O6. The van der Waals surface area contributed by atoms with Crippen molar-refractivity contribution in [1.82, 2.24) is 10.2 Å². The van der Waals surface area contributed by atoms with Crippen molar-refractivity contribution in [3.63, 3.8) is 0 Å². The van der Waals surface area contributed by atoms with Gasteiger partial charge in [-0.15, -0.1) is 0 Å². The van der Waals surface area contributed by atoms with E-state index in [-0.39, 0.29) is 24.5 Å². The van der Waals surface area contributed by atoms with E-state index in [4.69, 9.17) is 14.6 Å². The second-order valence-electron chi connectivity index (χ2n) is 7.95. The van der Waals surface area contributed by atoms with Gasteiger partial charge < -0.3 is 14.6 Å². The van der Waals surface area contributed by atoms with E-state index in [1.807, 2.05) is 42.5 Å². The number of esters is 1. The maximum Gasteiger partial charge on any atom is 0.507 e. The summed E-state index contributed by atoms with van der Waals surface area (Å²) in [6.45, 7) is 3.67. The molecule has 2 N–H and O–H groups in total. The Morgan fingerprint density at radius 2 is 2.00 bits per heavy atom. The average Bonchev–Trinajstić information content (AvgIpc) is 3.31. The lowest BCUT2D eigenvalue weighted by molar-refractivity contribution is -0.147. The van der Waals surface area contributed by atoms with Crippen LogP contribution < -0.4 is 5.32 Å². The van der Waals surface area contributed by atoms with E-state index >= 15 is 0 Å². The number of benzene rings is 1. The van der Waals surface area contributed by atoms with Crippen molar-refractivity contribution in [1.29, 1.82) is 0 Å². The molecule has 1 aliphatic carbocycles. The van der Waals surface area contributed by atoms with Gasteiger partial charge in [0.1, 0.15) is 6.04 Å². The number of nitrogens with zero attached hydrogens (tertiary/aromatic N) is 1. The van der Waals surface area contributed by atoms with Crippen molar-refractivity contribution in [3.8, 4) is 0 Å². The number of nitrogens with one attached hydrogen (secondary N) is 1. The molecule has 0 unspecified atom stereocenters. The Bertz CT molecular complexity index is 812. The number of ether oxygens (including phenoxy) is 2. The van der Waals surface area contributed by atoms with Gasteiger partial charge in [-0.05, 0) is 44.6 Å². The largest absolute Gasteiger partial charge is 0.507 e. The Balaban J connectivity index is 1.69. The van der Waals surface area contributed by atoms with Crippen LogP contribution >= 0.6 is 0 Å². The zero-order valence-corrected chi connectivity index (χ0v) is 17.9. The molecule has 0 aromatic heterocycles. The van der Waals surface area contributed by atoms with Crippen LogP contribution in [-0.2, 0) is 25.5 Å². The minimum atomic E-state index is -1.40. The van der Waals surface area contributed by atoms with Crippen molar-refractivity contribution < 1.29 is 29.0 Å². The van der Waals surface area contributed by atoms with Gasteiger partial charge in [-0.1, -0.05) is 42.5 Å². The molecule has 0 spiro atoms. The van der Waals surface area contributed by atoms with Crippen molar-refractivity contribution in [2.45, 2.75) is 63.9 Å². The summed E-state index contributed by atoms with van der Waals surface area (Å²) in [7, 11) is 0. The number of hydrogen-bond acceptors (Lipinski definition) is 6. The molecule has 1 aromatic carbocycles. The zero-order chi connectivity index (χ0) is 22.4. The Morgan fingerprint density at radius 3 is 2.68 bits per heavy atom. The molecule has 0 saturated carbocycles. The lowest BCUT2D eigenvalue weighted by Crippen LogP contribution is -2.54. The zero-order valence-electron chi connectivity index (χ0n) is 17.9. The summed E-state index contributed by atoms with van der Waals surface area (Å²) in [5.41, 5.74) is 1.09. The smallest absolute Gasteiger partial charge is 0.465 e. The molecule has 3 rings (SSSR count). The number of allylic oxidation sites excluding steroid dienone is 1. The third kappa shape index (κ3) is 5.64. The third-order valence-corrected chi connectivity index (χ3v) is 5.84. The molecule has 2 aliphatic rings. The van der Waals surface area contributed by atoms with Crippen molar-refractivity contribution in [3.05, 3.63) is 48.0 Å². The van der Waals surface area contributed by atoms with Crippen molar-refractivity contribution in [2.75, 3.05) is 6.61 Å². The van der Waals surface area contributed by atoms with Gasteiger partial charge in [0.25, 0.3) is 0 Å². The first-order valence-electron chi connectivity index (χ1n) is 10.8. The number of carbonyl (C=O) groups is 3. The van der Waals surface area contributed by atoms with E-state index in [0.29, 0.717) is 19.3 Å². The first kappa shape index (κ1) is 22.8. The number of likely N-dealkylation sites (tertiary alicyclic amines) is 1. The molecule has 5 atom stereocenters. The van der Waals surface area contributed by atoms with Gasteiger partial charge in [0, 0.05) is 6.42 Å². The van der Waals surface area contributed by atoms with Gasteiger partial charge in [-0.3, -0.25) is 19.8 Å². The lowest BCUT2D eigenvalue weighted by atomic mass is 10.0. The van der Waals surface area contributed by atoms with Gasteiger partial charge in [0.05, 0.1) is 18.7 Å². The molecule has 1 heterocycles. The molecular weight excluding hydrogens is 400 g/mol. The highest BCUT2D eigenvalue weighted by molar-refractivity contribution is 5.84. The van der Waals surface area contributed by atoms with E-state index < -0.39 is 30.4 Å². The monoisotopic (exact) mass is 430 g/mol. The highest BCUT2D eigenvalue weighted by Crippen LogP contribution is 2.38. The van der Waals surface area contributed by atoms with Crippen LogP contribution in [0.4, 0.5) is 4.79 Å². The molecule has 1 amide bonds. The van der Waals surface area contributed by atoms with Crippen LogP contribution in [-0.4, -0.2) is 59.0 Å². The molecule has 0 bridgehead atoms. The standard InChI is InChI=1S/C23H30N2O6/c1-3-30-22(27)18(13-12-16-8-5-4-6-9-16)24-15(2)21(26)25-19-11-7-10-17(19)14-20(25)31-23(28)29/h4-9,11,15,17-20,24H,3,10,12-14H2,1-2H3,(H,28,29)/t15-,17-,18-,19+,20+/m0/s1. The maximum absolute atomic E-state index is 13.3. The summed E-state index contributed by atoms with van der Waals surface area (Å²) in [5, 5.41) is 12.2. The topological polar surface area (TPSA) is 105 Å². The van der Waals surface area contributed by atoms with E-state index in [0.717, 1.165) is 12.0 Å². The molecule has 8 heteroatoms. The minimum Gasteiger partial charge on any atom is -0.465 e. The number of amides is 1. The van der Waals surface area contributed by atoms with E-state index in [1.165, 1.54) is 4.90 Å². The number of hydrogen-bond donors (Lipinski definition) is 2. The molecule has 8 nitrogen and oxygen atoms in total. The minimum absolute atomic E-state index is 0.152. The second-order valence-corrected chi connectivity index (χ2v) is 7.95. The molecule has 168 valence electrons. The van der Waals surface area contributed by atoms with E-state index in [2.05, 4.69) is 5.32 Å². The van der Waals surface area contributed by atoms with Gasteiger partial charge in [0.15, 0.2) is 6.23 Å². The number of carbonyl (C=O) groups excluding carboxylic acids is 2. The van der Waals surface area contributed by atoms with E-state index in [1.54, 1.807) is 13.8 Å². The van der Waals surface area contributed by atoms with Gasteiger partial charge >= 0.3 is 12.1 Å². The van der Waals surface area contributed by atoms with Crippen LogP contribution in [0, 0.1) is 5.92 Å². The fraction of sp³-hybridized carbons (Fsp3) is 0.522. The Kier molecular flexibility index (Phi) is 7.68. The predicted octanol–water partition coefficient (Wildman–Crippen LogP) is 2.73. The summed E-state index contributed by atoms with van der Waals surface area (Å²) < 4.78 is 10.2. The van der Waals surface area contributed by atoms with Crippen molar-refractivity contribution >= 4 is 18.0 Å². The summed E-state index contributed by atoms with van der Waals surface area (Å²) in [5.74, 6) is -0.546. The predicted molar refractivity (Wildman–Crippen MR) is 113 cm³/mol. The van der Waals surface area contributed by atoms with Crippen LogP contribution in [0.1, 0.15) is 38.7 Å². The quantitative estimate of drug-likeness (QED) is 0.458. The first-order chi connectivity index (χ1) is 14.9. The molecule has 0 radical (unpaired) electrons. The molecule has 31 heavy (non-hydrogen) atoms. The number of carboxylic acid groups (broad SMARTS) is 1. The number of fused-ring (bicyclic) bond motifs is 1. The van der Waals surface area contributed by atoms with Crippen molar-refractivity contribution in [2.24, 2.45) is 5.92 Å². The molecule has 1 saturated heterocycles. The Labute approximate surface area is 182 Å². The van der Waals surface area contributed by atoms with Gasteiger partial charge in [-0.2, -0.15) is 0 Å². The van der Waals surface area contributed by atoms with Crippen LogP contribution in [0.15, 0.2) is 42.5 Å². The normalized spacial score (nSPS) is 23.8.